The first-order valence-corrected chi connectivity index (χ1v) is 3.28. The van der Waals surface area contributed by atoms with Gasteiger partial charge in [0, 0.05) is 6.20 Å². The zero-order valence-electron chi connectivity index (χ0n) is 6.87. The number of rotatable bonds is 1. The van der Waals surface area contributed by atoms with E-state index in [2.05, 4.69) is 4.98 Å². The first-order valence-electron chi connectivity index (χ1n) is 3.28. The molecule has 1 rings (SSSR count). The third-order valence-electron chi connectivity index (χ3n) is 1.42. The number of carboxylic acid groups (broad SMARTS) is 1. The molecule has 0 saturated carbocycles. The van der Waals surface area contributed by atoms with Crippen LogP contribution in [0, 0.1) is 13.8 Å². The normalized spacial score (nSPS) is 8.83. The Bertz CT molecular complexity index is 299. The molecule has 0 unspecified atom stereocenters. The van der Waals surface area contributed by atoms with E-state index in [1.165, 1.54) is 0 Å². The number of aryl methyl sites for hydroxylation is 2. The van der Waals surface area contributed by atoms with Gasteiger partial charge in [-0.2, -0.15) is 0 Å². The zero-order valence-corrected chi connectivity index (χ0v) is 7.68. The molecule has 0 bridgehead atoms. The summed E-state index contributed by atoms with van der Waals surface area (Å²) in [6, 6.07) is 1.80. The van der Waals surface area contributed by atoms with Gasteiger partial charge >= 0.3 is 5.97 Å². The lowest BCUT2D eigenvalue weighted by Crippen LogP contribution is -2.02. The third-order valence-corrected chi connectivity index (χ3v) is 1.42. The highest BCUT2D eigenvalue weighted by atomic mass is 35.5. The molecule has 1 aromatic rings. The lowest BCUT2D eigenvalue weighted by Gasteiger charge is -1.98. The molecule has 0 saturated heterocycles. The Kier molecular flexibility index (Phi) is 3.70. The molecule has 0 aromatic carbocycles. The Morgan fingerprint density at radius 2 is 2.08 bits per heavy atom. The van der Waals surface area contributed by atoms with E-state index in [9.17, 15) is 4.79 Å². The minimum Gasteiger partial charge on any atom is -0.477 e. The van der Waals surface area contributed by atoms with Gasteiger partial charge < -0.3 is 5.11 Å². The molecule has 0 amide bonds. The fourth-order valence-electron chi connectivity index (χ4n) is 0.939. The van der Waals surface area contributed by atoms with E-state index >= 15 is 0 Å². The van der Waals surface area contributed by atoms with Crippen molar-refractivity contribution in [2.75, 3.05) is 0 Å². The second kappa shape index (κ2) is 4.07. The van der Waals surface area contributed by atoms with Crippen molar-refractivity contribution in [3.05, 3.63) is 29.1 Å². The SMILES string of the molecule is Cc1cnc(C(=O)O)c(C)c1.Cl. The molecule has 0 atom stereocenters. The van der Waals surface area contributed by atoms with Gasteiger partial charge in [0.2, 0.25) is 0 Å². The van der Waals surface area contributed by atoms with Crippen molar-refractivity contribution in [2.45, 2.75) is 13.8 Å². The smallest absolute Gasteiger partial charge is 0.354 e. The molecule has 0 aliphatic heterocycles. The van der Waals surface area contributed by atoms with Gasteiger partial charge in [0.05, 0.1) is 0 Å². The monoisotopic (exact) mass is 187 g/mol. The maximum atomic E-state index is 10.5. The zero-order chi connectivity index (χ0) is 8.43. The summed E-state index contributed by atoms with van der Waals surface area (Å²) in [7, 11) is 0. The van der Waals surface area contributed by atoms with Crippen LogP contribution in [-0.4, -0.2) is 16.1 Å². The minimum atomic E-state index is -0.970. The van der Waals surface area contributed by atoms with Crippen LogP contribution in [-0.2, 0) is 0 Å². The molecule has 0 spiro atoms. The number of hydrogen-bond donors (Lipinski definition) is 1. The summed E-state index contributed by atoms with van der Waals surface area (Å²) in [5, 5.41) is 8.59. The van der Waals surface area contributed by atoms with Crippen LogP contribution in [0.3, 0.4) is 0 Å². The molecule has 1 heterocycles. The predicted octanol–water partition coefficient (Wildman–Crippen LogP) is 1.82. The van der Waals surface area contributed by atoms with E-state index in [1.54, 1.807) is 19.2 Å². The van der Waals surface area contributed by atoms with Crippen LogP contribution in [0.5, 0.6) is 0 Å². The molecule has 3 nitrogen and oxygen atoms in total. The van der Waals surface area contributed by atoms with Gasteiger partial charge in [-0.1, -0.05) is 6.07 Å². The van der Waals surface area contributed by atoms with Crippen LogP contribution in [0.25, 0.3) is 0 Å². The first-order chi connectivity index (χ1) is 5.11. The highest BCUT2D eigenvalue weighted by molar-refractivity contribution is 5.86. The van der Waals surface area contributed by atoms with Gasteiger partial charge in [-0.3, -0.25) is 0 Å². The van der Waals surface area contributed by atoms with E-state index in [0.29, 0.717) is 5.56 Å². The minimum absolute atomic E-state index is 0. The molecule has 4 heteroatoms. The van der Waals surface area contributed by atoms with Crippen LogP contribution in [0.2, 0.25) is 0 Å². The van der Waals surface area contributed by atoms with Crippen molar-refractivity contribution in [2.24, 2.45) is 0 Å². The van der Waals surface area contributed by atoms with Gasteiger partial charge in [0.1, 0.15) is 0 Å². The maximum absolute atomic E-state index is 10.5. The Labute approximate surface area is 76.9 Å². The van der Waals surface area contributed by atoms with Gasteiger partial charge in [0.15, 0.2) is 5.69 Å². The quantitative estimate of drug-likeness (QED) is 0.730. The summed E-state index contributed by atoms with van der Waals surface area (Å²) in [6.07, 6.45) is 1.55. The number of aromatic nitrogens is 1. The van der Waals surface area contributed by atoms with Gasteiger partial charge in [-0.15, -0.1) is 12.4 Å². The summed E-state index contributed by atoms with van der Waals surface area (Å²) in [6.45, 7) is 3.62. The van der Waals surface area contributed by atoms with Crippen molar-refractivity contribution in [1.82, 2.24) is 4.98 Å². The summed E-state index contributed by atoms with van der Waals surface area (Å²) >= 11 is 0. The molecule has 1 aromatic heterocycles. The number of carboxylic acids is 1. The van der Waals surface area contributed by atoms with Crippen molar-refractivity contribution in [3.63, 3.8) is 0 Å². The highest BCUT2D eigenvalue weighted by Gasteiger charge is 2.06. The number of pyridine rings is 1. The van der Waals surface area contributed by atoms with Crippen LogP contribution in [0.15, 0.2) is 12.3 Å². The lowest BCUT2D eigenvalue weighted by molar-refractivity contribution is 0.0689. The summed E-state index contributed by atoms with van der Waals surface area (Å²) in [5.74, 6) is -0.970. The summed E-state index contributed by atoms with van der Waals surface area (Å²) in [4.78, 5) is 14.2. The van der Waals surface area contributed by atoms with Crippen LogP contribution < -0.4 is 0 Å². The Balaban J connectivity index is 0.00000121. The number of nitrogens with zero attached hydrogens (tertiary/aromatic N) is 1. The number of halogens is 1. The average Bonchev–Trinajstić information content (AvgIpc) is 1.85. The Hall–Kier alpha value is -1.09. The van der Waals surface area contributed by atoms with Gasteiger partial charge in [-0.25, -0.2) is 9.78 Å². The molecular formula is C8H10ClNO2. The standard InChI is InChI=1S/C8H9NO2.ClH/c1-5-3-6(2)7(8(10)11)9-4-5;/h3-4H,1-2H3,(H,10,11);1H. The number of carbonyl (C=O) groups is 1. The summed E-state index contributed by atoms with van der Waals surface area (Å²) < 4.78 is 0. The predicted molar refractivity (Wildman–Crippen MR) is 47.9 cm³/mol. The van der Waals surface area contributed by atoms with Crippen LogP contribution in [0.1, 0.15) is 21.6 Å². The second-order valence-corrected chi connectivity index (χ2v) is 2.48. The molecule has 1 N–H and O–H groups in total. The van der Waals surface area contributed by atoms with Crippen LogP contribution >= 0.6 is 12.4 Å². The van der Waals surface area contributed by atoms with Crippen molar-refractivity contribution in [3.8, 4) is 0 Å². The van der Waals surface area contributed by atoms with E-state index in [0.717, 1.165) is 5.56 Å². The molecule has 66 valence electrons. The van der Waals surface area contributed by atoms with Crippen LogP contribution in [0.4, 0.5) is 0 Å². The van der Waals surface area contributed by atoms with Gasteiger partial charge in [0.25, 0.3) is 0 Å². The fourth-order valence-corrected chi connectivity index (χ4v) is 0.939. The molecule has 0 aliphatic rings. The van der Waals surface area contributed by atoms with E-state index in [1.807, 2.05) is 6.92 Å². The first kappa shape index (κ1) is 10.9. The molecule has 12 heavy (non-hydrogen) atoms. The van der Waals surface area contributed by atoms with E-state index in [4.69, 9.17) is 5.11 Å². The molecule has 0 fully saturated rings. The highest BCUT2D eigenvalue weighted by Crippen LogP contribution is 2.05. The molecular weight excluding hydrogens is 178 g/mol. The molecule has 0 radical (unpaired) electrons. The lowest BCUT2D eigenvalue weighted by atomic mass is 10.2. The van der Waals surface area contributed by atoms with Gasteiger partial charge in [-0.05, 0) is 25.0 Å². The van der Waals surface area contributed by atoms with Crippen molar-refractivity contribution in [1.29, 1.82) is 0 Å². The maximum Gasteiger partial charge on any atom is 0.354 e. The number of hydrogen-bond acceptors (Lipinski definition) is 2. The fraction of sp³-hybridized carbons (Fsp3) is 0.250. The van der Waals surface area contributed by atoms with E-state index < -0.39 is 5.97 Å². The van der Waals surface area contributed by atoms with E-state index in [-0.39, 0.29) is 18.1 Å². The topological polar surface area (TPSA) is 50.2 Å². The molecule has 0 aliphatic carbocycles. The largest absolute Gasteiger partial charge is 0.477 e. The second-order valence-electron chi connectivity index (χ2n) is 2.48. The van der Waals surface area contributed by atoms with Crippen molar-refractivity contribution >= 4 is 18.4 Å². The third kappa shape index (κ3) is 2.20. The summed E-state index contributed by atoms with van der Waals surface area (Å²) in [5.41, 5.74) is 1.82. The Morgan fingerprint density at radius 3 is 2.50 bits per heavy atom. The Morgan fingerprint density at radius 1 is 1.50 bits per heavy atom. The number of aromatic carboxylic acids is 1. The van der Waals surface area contributed by atoms with Crippen molar-refractivity contribution < 1.29 is 9.90 Å². The average molecular weight is 188 g/mol.